The Morgan fingerprint density at radius 2 is 2.04 bits per heavy atom. The fourth-order valence-corrected chi connectivity index (χ4v) is 4.44. The molecule has 0 spiro atoms. The Bertz CT molecular complexity index is 1050. The van der Waals surface area contributed by atoms with Gasteiger partial charge in [0.05, 0.1) is 0 Å². The molecule has 5 rings (SSSR count). The zero-order chi connectivity index (χ0) is 19.1. The van der Waals surface area contributed by atoms with E-state index in [9.17, 15) is 4.79 Å². The summed E-state index contributed by atoms with van der Waals surface area (Å²) >= 11 is 0. The van der Waals surface area contributed by atoms with E-state index in [4.69, 9.17) is 9.47 Å². The fourth-order valence-electron chi connectivity index (χ4n) is 4.44. The van der Waals surface area contributed by atoms with Gasteiger partial charge in [-0.15, -0.1) is 0 Å². The van der Waals surface area contributed by atoms with E-state index in [-0.39, 0.29) is 5.92 Å². The van der Waals surface area contributed by atoms with Crippen LogP contribution in [-0.2, 0) is 11.2 Å². The molecule has 0 bridgehead atoms. The smallest absolute Gasteiger partial charge is 0.433 e. The minimum Gasteiger partial charge on any atom is -0.433 e. The van der Waals surface area contributed by atoms with Crippen LogP contribution in [0.4, 0.5) is 4.79 Å². The number of carbonyl (C=O) groups is 1. The second kappa shape index (κ2) is 6.84. The molecule has 28 heavy (non-hydrogen) atoms. The summed E-state index contributed by atoms with van der Waals surface area (Å²) in [4.78, 5) is 17.8. The second-order valence-corrected chi connectivity index (χ2v) is 7.56. The monoisotopic (exact) mass is 374 g/mol. The summed E-state index contributed by atoms with van der Waals surface area (Å²) in [7, 11) is 2.14. The van der Waals surface area contributed by atoms with Gasteiger partial charge in [0.2, 0.25) is 0 Å². The van der Waals surface area contributed by atoms with Gasteiger partial charge in [0, 0.05) is 35.6 Å². The molecular weight excluding hydrogens is 352 g/mol. The fraction of sp³-hybridized carbons (Fsp3) is 0.261. The number of likely N-dealkylation sites (N-methyl/N-ethyl adjacent to an activating group) is 1. The van der Waals surface area contributed by atoms with Gasteiger partial charge in [0.15, 0.2) is 0 Å². The van der Waals surface area contributed by atoms with Gasteiger partial charge in [-0.05, 0) is 48.4 Å². The average Bonchev–Trinajstić information content (AvgIpc) is 3.12. The molecule has 2 heterocycles. The number of benzene rings is 2. The molecule has 142 valence electrons. The van der Waals surface area contributed by atoms with Gasteiger partial charge in [0.25, 0.3) is 0 Å². The Hall–Kier alpha value is -3.05. The number of aromatic nitrogens is 1. The van der Waals surface area contributed by atoms with Crippen molar-refractivity contribution in [3.8, 4) is 5.75 Å². The van der Waals surface area contributed by atoms with Gasteiger partial charge in [-0.25, -0.2) is 4.79 Å². The van der Waals surface area contributed by atoms with E-state index in [1.54, 1.807) is 12.1 Å². The number of nitrogens with one attached hydrogen (secondary N) is 1. The van der Waals surface area contributed by atoms with E-state index in [0.717, 1.165) is 13.0 Å². The molecule has 2 atom stereocenters. The molecule has 1 aliphatic carbocycles. The zero-order valence-electron chi connectivity index (χ0n) is 15.7. The van der Waals surface area contributed by atoms with Crippen molar-refractivity contribution >= 4 is 22.6 Å². The highest BCUT2D eigenvalue weighted by molar-refractivity contribution is 5.98. The van der Waals surface area contributed by atoms with Gasteiger partial charge in [-0.1, -0.05) is 36.4 Å². The van der Waals surface area contributed by atoms with Crippen molar-refractivity contribution in [2.45, 2.75) is 12.5 Å². The normalized spacial score (nSPS) is 21.1. The summed E-state index contributed by atoms with van der Waals surface area (Å²) in [6, 6.07) is 15.8. The highest BCUT2D eigenvalue weighted by Gasteiger charge is 2.33. The van der Waals surface area contributed by atoms with Crippen molar-refractivity contribution < 1.29 is 14.3 Å². The Kier molecular flexibility index (Phi) is 4.17. The van der Waals surface area contributed by atoms with Crippen molar-refractivity contribution in [3.05, 3.63) is 71.9 Å². The van der Waals surface area contributed by atoms with Crippen molar-refractivity contribution in [2.24, 2.45) is 5.92 Å². The van der Waals surface area contributed by atoms with Crippen molar-refractivity contribution in [2.75, 3.05) is 20.2 Å². The van der Waals surface area contributed by atoms with Crippen molar-refractivity contribution in [1.82, 2.24) is 9.88 Å². The third-order valence-electron chi connectivity index (χ3n) is 5.70. The molecule has 0 fully saturated rings. The van der Waals surface area contributed by atoms with Crippen molar-refractivity contribution in [1.29, 1.82) is 0 Å². The number of carbonyl (C=O) groups excluding carboxylic acids is 1. The van der Waals surface area contributed by atoms with Crippen LogP contribution >= 0.6 is 0 Å². The molecular formula is C23H22N2O3. The van der Waals surface area contributed by atoms with Crippen LogP contribution in [0.25, 0.3) is 16.5 Å². The van der Waals surface area contributed by atoms with E-state index >= 15 is 0 Å². The first-order valence-electron chi connectivity index (χ1n) is 9.60. The van der Waals surface area contributed by atoms with E-state index in [1.807, 2.05) is 18.2 Å². The highest BCUT2D eigenvalue weighted by atomic mass is 16.7. The lowest BCUT2D eigenvalue weighted by Gasteiger charge is -2.39. The maximum atomic E-state index is 12.0. The van der Waals surface area contributed by atoms with E-state index in [1.165, 1.54) is 27.6 Å². The highest BCUT2D eigenvalue weighted by Crippen LogP contribution is 2.40. The second-order valence-electron chi connectivity index (χ2n) is 7.56. The van der Waals surface area contributed by atoms with Gasteiger partial charge >= 0.3 is 6.16 Å². The number of H-pyrrole nitrogens is 1. The van der Waals surface area contributed by atoms with Gasteiger partial charge in [-0.3, -0.25) is 4.90 Å². The van der Waals surface area contributed by atoms with Crippen molar-refractivity contribution in [3.63, 3.8) is 0 Å². The number of nitrogens with zero attached hydrogens (tertiary/aromatic N) is 1. The molecule has 2 aromatic carbocycles. The molecule has 0 radical (unpaired) electrons. The minimum absolute atomic E-state index is 0.135. The largest absolute Gasteiger partial charge is 0.513 e. The van der Waals surface area contributed by atoms with Crippen LogP contribution in [0.15, 0.2) is 60.8 Å². The van der Waals surface area contributed by atoms with Gasteiger partial charge in [0.1, 0.15) is 12.4 Å². The minimum atomic E-state index is -0.659. The number of aromatic amines is 1. The van der Waals surface area contributed by atoms with Gasteiger partial charge in [-0.2, -0.15) is 0 Å². The quantitative estimate of drug-likeness (QED) is 0.550. The van der Waals surface area contributed by atoms with Gasteiger partial charge < -0.3 is 14.5 Å². The lowest BCUT2D eigenvalue weighted by atomic mass is 9.80. The van der Waals surface area contributed by atoms with Crippen LogP contribution in [0.5, 0.6) is 5.75 Å². The number of hydrogen-bond acceptors (Lipinski definition) is 4. The van der Waals surface area contributed by atoms with E-state index < -0.39 is 6.16 Å². The van der Waals surface area contributed by atoms with E-state index in [0.29, 0.717) is 18.4 Å². The number of hydrogen-bond donors (Lipinski definition) is 1. The molecule has 3 aromatic rings. The molecule has 0 amide bonds. The van der Waals surface area contributed by atoms with Crippen LogP contribution in [-0.4, -0.2) is 42.3 Å². The molecule has 1 aromatic heterocycles. The summed E-state index contributed by atoms with van der Waals surface area (Å²) in [6.07, 6.45) is 4.76. The third kappa shape index (κ3) is 2.98. The molecule has 1 unspecified atom stereocenters. The molecule has 1 N–H and O–H groups in total. The summed E-state index contributed by atoms with van der Waals surface area (Å²) in [5.41, 5.74) is 5.17. The summed E-state index contributed by atoms with van der Waals surface area (Å²) in [6.45, 7) is 1.16. The number of fused-ring (bicyclic) bond motifs is 2. The Morgan fingerprint density at radius 1 is 1.18 bits per heavy atom. The van der Waals surface area contributed by atoms with E-state index in [2.05, 4.69) is 47.4 Å². The summed E-state index contributed by atoms with van der Waals surface area (Å²) in [5.74, 6) is 0.626. The first kappa shape index (κ1) is 17.1. The SMILES string of the molecule is CN1CC(COC(=O)Oc2ccccc2)C=C2c3cccc4[nH]cc(c34)C[C@@H]21. The van der Waals surface area contributed by atoms with Crippen LogP contribution in [0.2, 0.25) is 0 Å². The number of para-hydroxylation sites is 1. The lowest BCUT2D eigenvalue weighted by Crippen LogP contribution is -2.43. The molecule has 5 nitrogen and oxygen atoms in total. The number of rotatable bonds is 3. The summed E-state index contributed by atoms with van der Waals surface area (Å²) in [5, 5.41) is 1.32. The molecule has 1 aliphatic heterocycles. The predicted molar refractivity (Wildman–Crippen MR) is 108 cm³/mol. The van der Waals surface area contributed by atoms with Crippen LogP contribution < -0.4 is 4.74 Å². The maximum Gasteiger partial charge on any atom is 0.513 e. The predicted octanol–water partition coefficient (Wildman–Crippen LogP) is 4.25. The van der Waals surface area contributed by atoms with Crippen LogP contribution in [0.1, 0.15) is 11.1 Å². The zero-order valence-corrected chi connectivity index (χ0v) is 15.7. The van der Waals surface area contributed by atoms with Crippen LogP contribution in [0.3, 0.4) is 0 Å². The molecule has 0 saturated carbocycles. The Morgan fingerprint density at radius 3 is 2.89 bits per heavy atom. The van der Waals surface area contributed by atoms with Crippen LogP contribution in [0, 0.1) is 5.92 Å². The number of ether oxygens (including phenoxy) is 2. The molecule has 5 heteroatoms. The lowest BCUT2D eigenvalue weighted by molar-refractivity contribution is 0.0815. The average molecular weight is 374 g/mol. The molecule has 0 saturated heterocycles. The maximum absolute atomic E-state index is 12.0. The standard InChI is InChI=1S/C23H22N2O3/c1-25-13-15(14-27-23(26)28-17-6-3-2-4-7-17)10-19-18-8-5-9-20-22(18)16(12-24-20)11-21(19)25/h2-10,12,15,21,24H,11,13-14H2,1H3/t15?,21-/m0/s1. The Balaban J connectivity index is 1.35. The molecule has 2 aliphatic rings. The first-order chi connectivity index (χ1) is 13.7. The summed E-state index contributed by atoms with van der Waals surface area (Å²) < 4.78 is 10.6. The third-order valence-corrected chi connectivity index (χ3v) is 5.70. The first-order valence-corrected chi connectivity index (χ1v) is 9.60. The topological polar surface area (TPSA) is 54.6 Å². The Labute approximate surface area is 163 Å².